The van der Waals surface area contributed by atoms with Gasteiger partial charge in [0.25, 0.3) is 0 Å². The summed E-state index contributed by atoms with van der Waals surface area (Å²) in [6, 6.07) is 24.5. The van der Waals surface area contributed by atoms with Gasteiger partial charge in [-0.25, -0.2) is 23.2 Å². The van der Waals surface area contributed by atoms with E-state index >= 15 is 0 Å². The summed E-state index contributed by atoms with van der Waals surface area (Å²) < 4.78 is 48.2. The lowest BCUT2D eigenvalue weighted by Crippen LogP contribution is -2.47. The maximum absolute atomic E-state index is 12.7. The van der Waals surface area contributed by atoms with E-state index in [-0.39, 0.29) is 24.1 Å². The average Bonchev–Trinajstić information content (AvgIpc) is 3.38. The van der Waals surface area contributed by atoms with Gasteiger partial charge in [0.2, 0.25) is 0 Å². The number of aromatic nitrogens is 2. The molecule has 76 heavy (non-hydrogen) atoms. The van der Waals surface area contributed by atoms with Crippen molar-refractivity contribution in [1.82, 2.24) is 24.7 Å². The number of nitrogens with zero attached hydrogens (tertiary/aromatic N) is 9. The third-order valence-corrected chi connectivity index (χ3v) is 17.8. The number of hydrogen-bond donors (Lipinski definition) is 5. The van der Waals surface area contributed by atoms with Crippen LogP contribution in [0.1, 0.15) is 33.5 Å². The smallest absolute Gasteiger partial charge is 0.325 e. The lowest BCUT2D eigenvalue weighted by atomic mass is 10.00. The van der Waals surface area contributed by atoms with Crippen molar-refractivity contribution in [3.05, 3.63) is 106 Å². The molecule has 1 saturated heterocycles. The fraction of sp³-hybridized carbons (Fsp3) is 0.444. The number of anilines is 8. The highest BCUT2D eigenvalue weighted by Crippen LogP contribution is 2.41. The van der Waals surface area contributed by atoms with E-state index in [9.17, 15) is 37.8 Å². The average molecular weight is 1100 g/mol. The summed E-state index contributed by atoms with van der Waals surface area (Å²) in [6.07, 6.45) is 2.68. The lowest BCUT2D eigenvalue weighted by Gasteiger charge is -2.37. The first-order valence-corrected chi connectivity index (χ1v) is 32.7. The van der Waals surface area contributed by atoms with E-state index in [4.69, 9.17) is 9.97 Å². The summed E-state index contributed by atoms with van der Waals surface area (Å²) in [4.78, 5) is 34.7. The lowest BCUT2D eigenvalue weighted by molar-refractivity contribution is 0.211. The van der Waals surface area contributed by atoms with Gasteiger partial charge >= 0.3 is 6.03 Å². The zero-order valence-electron chi connectivity index (χ0n) is 45.3. The van der Waals surface area contributed by atoms with Crippen LogP contribution in [0.15, 0.2) is 77.7 Å². The first-order chi connectivity index (χ1) is 36.0. The third-order valence-electron chi connectivity index (χ3n) is 13.9. The standard InChI is InChI=1S/C28H44N7O4P.C26H30N5O3PS/c1-21-25(35(14-17-36)15-18-37)24-20-31(2)28(38)32(3)27(24)30-26(21)29-22-6-8-23(9-7-22)34-12-10-33(11-13-34)16-19-40(4,5)39;1-31-13-12-24-23(17-31)25(28-16-18-6-5-7-20(14-18)35(2,3)32)22(15-27)26(30-24)29-19-8-10-21(11-9-19)36(4,33)34/h6-9,36-37H,10-20H2,1-5H3,(H,29,30);5-11,14H,12-13,16-17H2,1-4H3,(H2,28,29,30). The van der Waals surface area contributed by atoms with Crippen molar-refractivity contribution in [1.29, 1.82) is 5.26 Å². The molecule has 0 saturated carbocycles. The Morgan fingerprint density at radius 1 is 0.816 bits per heavy atom. The van der Waals surface area contributed by atoms with Crippen molar-refractivity contribution in [2.45, 2.75) is 37.9 Å². The van der Waals surface area contributed by atoms with Crippen LogP contribution in [-0.2, 0) is 45.0 Å². The first kappa shape index (κ1) is 57.7. The fourth-order valence-corrected chi connectivity index (χ4v) is 11.9. The number of sulfone groups is 1. The number of likely N-dealkylation sites (N-methyl/N-ethyl adjacent to an activating group) is 1. The topological polar surface area (TPSA) is 231 Å². The van der Waals surface area contributed by atoms with E-state index in [1.54, 1.807) is 49.4 Å². The maximum Gasteiger partial charge on any atom is 0.325 e. The second kappa shape index (κ2) is 24.5. The number of urea groups is 1. The molecule has 0 bridgehead atoms. The number of aliphatic hydroxyl groups is 2. The number of aliphatic hydroxyl groups excluding tert-OH is 2. The normalized spacial score (nSPS) is 15.3. The van der Waals surface area contributed by atoms with Crippen LogP contribution in [0.3, 0.4) is 0 Å². The van der Waals surface area contributed by atoms with Crippen molar-refractivity contribution >= 4 is 81.3 Å². The molecule has 3 aromatic carbocycles. The van der Waals surface area contributed by atoms with Gasteiger partial charge < -0.3 is 54.9 Å². The van der Waals surface area contributed by atoms with Crippen molar-refractivity contribution < 1.29 is 32.6 Å². The Morgan fingerprint density at radius 3 is 2.04 bits per heavy atom. The molecule has 22 heteroatoms. The molecule has 2 aromatic heterocycles. The van der Waals surface area contributed by atoms with Crippen LogP contribution in [0.25, 0.3) is 0 Å². The SMILES string of the molecule is CN1CCc2nc(Nc3ccc(S(C)(=O)=O)cc3)c(C#N)c(NCc3cccc(P(C)(C)=O)c3)c2C1.Cc1c(Nc2ccc(N3CCN(CCP(C)(C)=O)CC3)cc2)nc2c(c1N(CCO)CCO)CN(C)C(=O)N2C. The summed E-state index contributed by atoms with van der Waals surface area (Å²) in [5.74, 6) is 1.63. The van der Waals surface area contributed by atoms with Crippen LogP contribution < -0.4 is 36.0 Å². The molecular weight excluding hydrogens is 1020 g/mol. The molecule has 8 rings (SSSR count). The molecule has 0 unspecified atom stereocenters. The number of carbonyl (C=O) groups is 1. The number of benzene rings is 3. The molecule has 0 atom stereocenters. The fourth-order valence-electron chi connectivity index (χ4n) is 9.61. The number of nitriles is 1. The molecule has 19 nitrogen and oxygen atoms in total. The quantitative estimate of drug-likeness (QED) is 0.0581. The third kappa shape index (κ3) is 14.3. The summed E-state index contributed by atoms with van der Waals surface area (Å²) >= 11 is 0. The van der Waals surface area contributed by atoms with Gasteiger partial charge in [0.1, 0.15) is 30.4 Å². The van der Waals surface area contributed by atoms with E-state index in [1.165, 1.54) is 18.4 Å². The Labute approximate surface area is 448 Å². The van der Waals surface area contributed by atoms with Crippen LogP contribution >= 0.6 is 14.3 Å². The first-order valence-electron chi connectivity index (χ1n) is 25.4. The van der Waals surface area contributed by atoms with E-state index < -0.39 is 24.1 Å². The van der Waals surface area contributed by atoms with E-state index in [0.717, 1.165) is 108 Å². The van der Waals surface area contributed by atoms with Crippen LogP contribution in [0.2, 0.25) is 0 Å². The van der Waals surface area contributed by atoms with Gasteiger partial charge in [-0.05, 0) is 101 Å². The van der Waals surface area contributed by atoms with Gasteiger partial charge in [-0.1, -0.05) is 18.2 Å². The molecule has 0 spiro atoms. The van der Waals surface area contributed by atoms with Gasteiger partial charge in [-0.2, -0.15) is 5.26 Å². The molecule has 0 radical (unpaired) electrons. The molecule has 1 fully saturated rings. The molecule has 0 aliphatic carbocycles. The van der Waals surface area contributed by atoms with Crippen LogP contribution in [0.5, 0.6) is 0 Å². The summed E-state index contributed by atoms with van der Waals surface area (Å²) in [5, 5.41) is 40.5. The number of rotatable bonds is 18. The Balaban J connectivity index is 0.000000222. The minimum Gasteiger partial charge on any atom is -0.395 e. The monoisotopic (exact) mass is 1100 g/mol. The second-order valence-corrected chi connectivity index (χ2v) is 29.5. The van der Waals surface area contributed by atoms with Crippen LogP contribution in [0, 0.1) is 18.3 Å². The number of hydrogen-bond acceptors (Lipinski definition) is 17. The van der Waals surface area contributed by atoms with Crippen molar-refractivity contribution in [2.75, 3.05) is 156 Å². The van der Waals surface area contributed by atoms with E-state index in [2.05, 4.69) is 48.9 Å². The predicted octanol–water partition coefficient (Wildman–Crippen LogP) is 6.62. The molecule has 5 N–H and O–H groups in total. The predicted molar refractivity (Wildman–Crippen MR) is 308 cm³/mol. The summed E-state index contributed by atoms with van der Waals surface area (Å²) in [5.41, 5.74) is 9.34. The number of pyridine rings is 2. The van der Waals surface area contributed by atoms with E-state index in [0.29, 0.717) is 61.4 Å². The van der Waals surface area contributed by atoms with Gasteiger partial charge in [0, 0.05) is 137 Å². The molecule has 5 aromatic rings. The highest BCUT2D eigenvalue weighted by atomic mass is 32.2. The molecule has 408 valence electrons. The number of piperazine rings is 1. The van der Waals surface area contributed by atoms with Crippen molar-refractivity contribution in [3.63, 3.8) is 0 Å². The van der Waals surface area contributed by atoms with Gasteiger partial charge in [0.15, 0.2) is 15.7 Å². The molecule has 3 aliphatic heterocycles. The number of nitrogens with one attached hydrogen (secondary N) is 3. The number of carbonyl (C=O) groups excluding carboxylic acids is 1. The van der Waals surface area contributed by atoms with E-state index in [1.807, 2.05) is 68.6 Å². The highest BCUT2D eigenvalue weighted by Gasteiger charge is 2.33. The second-order valence-electron chi connectivity index (χ2n) is 20.7. The van der Waals surface area contributed by atoms with Crippen molar-refractivity contribution in [2.24, 2.45) is 0 Å². The summed E-state index contributed by atoms with van der Waals surface area (Å²) in [7, 11) is -2.17. The van der Waals surface area contributed by atoms with Crippen LogP contribution in [0.4, 0.5) is 50.7 Å². The van der Waals surface area contributed by atoms with Gasteiger partial charge in [-0.15, -0.1) is 0 Å². The maximum atomic E-state index is 12.7. The number of fused-ring (bicyclic) bond motifs is 2. The van der Waals surface area contributed by atoms with Crippen molar-refractivity contribution in [3.8, 4) is 6.07 Å². The minimum atomic E-state index is -3.30. The highest BCUT2D eigenvalue weighted by molar-refractivity contribution is 7.90. The zero-order valence-corrected chi connectivity index (χ0v) is 47.9. The molecule has 2 amide bonds. The van der Waals surface area contributed by atoms with Crippen LogP contribution in [-0.4, -0.2) is 175 Å². The molecular formula is C54H74N12O7P2S. The Bertz CT molecular complexity index is 3130. The Morgan fingerprint density at radius 2 is 1.45 bits per heavy atom. The zero-order chi connectivity index (χ0) is 55.1. The van der Waals surface area contributed by atoms with Gasteiger partial charge in [0.05, 0.1) is 48.9 Å². The summed E-state index contributed by atoms with van der Waals surface area (Å²) in [6.45, 7) is 16.9. The Hall–Kier alpha value is -6.03. The number of amides is 2. The molecule has 5 heterocycles. The van der Waals surface area contributed by atoms with Gasteiger partial charge in [-0.3, -0.25) is 9.80 Å². The minimum absolute atomic E-state index is 0.0579. The Kier molecular flexibility index (Phi) is 18.6. The molecule has 3 aliphatic rings. The largest absolute Gasteiger partial charge is 0.395 e.